The number of hydrogen-bond acceptors (Lipinski definition) is 6. The van der Waals surface area contributed by atoms with Gasteiger partial charge in [-0.15, -0.1) is 22.6 Å². The van der Waals surface area contributed by atoms with Crippen LogP contribution in [0.3, 0.4) is 0 Å². The fourth-order valence-electron chi connectivity index (χ4n) is 2.37. The Kier molecular flexibility index (Phi) is 6.61. The van der Waals surface area contributed by atoms with Crippen LogP contribution in [0.2, 0.25) is 0 Å². The number of carbonyl (C=O) groups excluding carboxylic acids is 1. The van der Waals surface area contributed by atoms with E-state index in [2.05, 4.69) is 15.5 Å². The van der Waals surface area contributed by atoms with Gasteiger partial charge in [-0.1, -0.05) is 0 Å². The van der Waals surface area contributed by atoms with Gasteiger partial charge < -0.3 is 20.4 Å². The van der Waals surface area contributed by atoms with Crippen LogP contribution in [0.5, 0.6) is 0 Å². The highest BCUT2D eigenvalue weighted by atomic mass is 35.5. The zero-order valence-corrected chi connectivity index (χ0v) is 14.8. The van der Waals surface area contributed by atoms with Crippen LogP contribution in [0, 0.1) is 0 Å². The first-order valence-corrected chi connectivity index (χ1v) is 8.25. The number of aromatic nitrogens is 3. The maximum Gasteiger partial charge on any atom is 0.253 e. The highest BCUT2D eigenvalue weighted by Crippen LogP contribution is 2.27. The maximum absolute atomic E-state index is 12.2. The van der Waals surface area contributed by atoms with Crippen LogP contribution < -0.4 is 11.1 Å². The van der Waals surface area contributed by atoms with Gasteiger partial charge in [0.05, 0.1) is 6.10 Å². The molecule has 1 saturated heterocycles. The minimum atomic E-state index is -0.406. The number of amides is 1. The van der Waals surface area contributed by atoms with E-state index in [4.69, 9.17) is 10.5 Å². The molecule has 1 amide bonds. The lowest BCUT2D eigenvalue weighted by atomic mass is 10.2. The average molecular weight is 370 g/mol. The Morgan fingerprint density at radius 3 is 2.75 bits per heavy atom. The van der Waals surface area contributed by atoms with Gasteiger partial charge in [0.25, 0.3) is 5.91 Å². The molecule has 0 unspecified atom stereocenters. The quantitative estimate of drug-likeness (QED) is 0.834. The van der Waals surface area contributed by atoms with Gasteiger partial charge in [0, 0.05) is 24.2 Å². The number of anilines is 1. The van der Waals surface area contributed by atoms with Crippen molar-refractivity contribution in [1.29, 1.82) is 0 Å². The minimum absolute atomic E-state index is 0. The standard InChI is InChI=1S/C15H19N5O2S.ClH/c1-20-9-17-19-15(20)23-12-5-2-10(3-6-12)18-14(21)13-7-4-11(8-16)22-13;/h2-3,5-6,9,11,13H,4,7-8,16H2,1H3,(H,18,21);1H/t11-,13+;/m1./s1. The van der Waals surface area contributed by atoms with Gasteiger partial charge in [0.1, 0.15) is 12.4 Å². The van der Waals surface area contributed by atoms with Gasteiger partial charge in [-0.05, 0) is 48.9 Å². The third kappa shape index (κ3) is 4.47. The van der Waals surface area contributed by atoms with Crippen molar-refractivity contribution < 1.29 is 9.53 Å². The first kappa shape index (κ1) is 18.7. The maximum atomic E-state index is 12.2. The van der Waals surface area contributed by atoms with Gasteiger partial charge >= 0.3 is 0 Å². The summed E-state index contributed by atoms with van der Waals surface area (Å²) in [6, 6.07) is 7.61. The summed E-state index contributed by atoms with van der Waals surface area (Å²) in [4.78, 5) is 13.2. The molecule has 0 bridgehead atoms. The van der Waals surface area contributed by atoms with Crippen LogP contribution in [-0.4, -0.2) is 39.4 Å². The zero-order valence-electron chi connectivity index (χ0n) is 13.2. The molecular weight excluding hydrogens is 350 g/mol. The predicted molar refractivity (Wildman–Crippen MR) is 94.4 cm³/mol. The predicted octanol–water partition coefficient (Wildman–Crippen LogP) is 1.83. The van der Waals surface area contributed by atoms with Gasteiger partial charge in [-0.2, -0.15) is 0 Å². The van der Waals surface area contributed by atoms with E-state index in [1.165, 1.54) is 11.8 Å². The Morgan fingerprint density at radius 1 is 1.42 bits per heavy atom. The van der Waals surface area contributed by atoms with E-state index in [1.54, 1.807) is 6.33 Å². The number of benzene rings is 1. The molecule has 3 N–H and O–H groups in total. The molecule has 2 aromatic rings. The summed E-state index contributed by atoms with van der Waals surface area (Å²) >= 11 is 1.52. The summed E-state index contributed by atoms with van der Waals surface area (Å²) in [5.41, 5.74) is 6.31. The van der Waals surface area contributed by atoms with E-state index in [-0.39, 0.29) is 24.4 Å². The summed E-state index contributed by atoms with van der Waals surface area (Å²) < 4.78 is 7.45. The lowest BCUT2D eigenvalue weighted by molar-refractivity contribution is -0.126. The normalized spacial score (nSPS) is 19.8. The fourth-order valence-corrected chi connectivity index (χ4v) is 3.13. The number of nitrogens with two attached hydrogens (primary N) is 1. The number of nitrogens with zero attached hydrogens (tertiary/aromatic N) is 3. The summed E-state index contributed by atoms with van der Waals surface area (Å²) in [6.45, 7) is 0.456. The van der Waals surface area contributed by atoms with Crippen molar-refractivity contribution in [1.82, 2.24) is 14.8 Å². The second-order valence-electron chi connectivity index (χ2n) is 5.40. The molecule has 3 rings (SSSR count). The lowest BCUT2D eigenvalue weighted by Gasteiger charge is -2.13. The largest absolute Gasteiger partial charge is 0.364 e. The molecule has 1 aliphatic rings. The highest BCUT2D eigenvalue weighted by molar-refractivity contribution is 7.99. The van der Waals surface area contributed by atoms with Crippen molar-refractivity contribution in [2.75, 3.05) is 11.9 Å². The minimum Gasteiger partial charge on any atom is -0.364 e. The lowest BCUT2D eigenvalue weighted by Crippen LogP contribution is -2.29. The Hall–Kier alpha value is -1.61. The van der Waals surface area contributed by atoms with E-state index in [1.807, 2.05) is 35.9 Å². The average Bonchev–Trinajstić information content (AvgIpc) is 3.19. The van der Waals surface area contributed by atoms with Crippen LogP contribution in [-0.2, 0) is 16.6 Å². The third-order valence-electron chi connectivity index (χ3n) is 3.66. The summed E-state index contributed by atoms with van der Waals surface area (Å²) in [5.74, 6) is -0.116. The topological polar surface area (TPSA) is 95.1 Å². The molecular formula is C15H20ClN5O2S. The van der Waals surface area contributed by atoms with E-state index in [0.29, 0.717) is 13.0 Å². The molecule has 130 valence electrons. The molecule has 1 aromatic heterocycles. The summed E-state index contributed by atoms with van der Waals surface area (Å²) in [7, 11) is 1.90. The Bertz CT molecular complexity index is 679. The van der Waals surface area contributed by atoms with Crippen LogP contribution >= 0.6 is 24.2 Å². The van der Waals surface area contributed by atoms with Crippen LogP contribution in [0.1, 0.15) is 12.8 Å². The van der Waals surface area contributed by atoms with Crippen molar-refractivity contribution in [2.45, 2.75) is 35.1 Å². The number of hydrogen-bond donors (Lipinski definition) is 2. The molecule has 1 aromatic carbocycles. The van der Waals surface area contributed by atoms with Crippen molar-refractivity contribution in [3.63, 3.8) is 0 Å². The second kappa shape index (κ2) is 8.48. The van der Waals surface area contributed by atoms with Crippen molar-refractivity contribution in [3.05, 3.63) is 30.6 Å². The number of carbonyl (C=O) groups is 1. The molecule has 0 aliphatic carbocycles. The first-order chi connectivity index (χ1) is 11.2. The van der Waals surface area contributed by atoms with Crippen LogP contribution in [0.25, 0.3) is 0 Å². The monoisotopic (exact) mass is 369 g/mol. The van der Waals surface area contributed by atoms with Crippen molar-refractivity contribution >= 4 is 35.8 Å². The van der Waals surface area contributed by atoms with E-state index in [0.717, 1.165) is 22.2 Å². The van der Waals surface area contributed by atoms with Crippen LogP contribution in [0.4, 0.5) is 5.69 Å². The number of rotatable bonds is 5. The molecule has 9 heteroatoms. The zero-order chi connectivity index (χ0) is 16.2. The van der Waals surface area contributed by atoms with Crippen LogP contribution in [0.15, 0.2) is 40.6 Å². The number of aryl methyl sites for hydroxylation is 1. The number of halogens is 1. The van der Waals surface area contributed by atoms with Gasteiger partial charge in [0.15, 0.2) is 5.16 Å². The molecule has 0 saturated carbocycles. The van der Waals surface area contributed by atoms with E-state index >= 15 is 0 Å². The summed E-state index contributed by atoms with van der Waals surface area (Å²) in [5, 5.41) is 11.6. The molecule has 1 aliphatic heterocycles. The third-order valence-corrected chi connectivity index (χ3v) is 4.72. The Balaban J connectivity index is 0.00000208. The Labute approximate surface area is 150 Å². The molecule has 2 atom stereocenters. The highest BCUT2D eigenvalue weighted by Gasteiger charge is 2.29. The SMILES string of the molecule is Cl.Cn1cnnc1Sc1ccc(NC(=O)[C@@H]2CC[C@H](CN)O2)cc1. The van der Waals surface area contributed by atoms with Gasteiger partial charge in [-0.3, -0.25) is 4.79 Å². The molecule has 0 spiro atoms. The fraction of sp³-hybridized carbons (Fsp3) is 0.400. The second-order valence-corrected chi connectivity index (χ2v) is 6.44. The van der Waals surface area contributed by atoms with Crippen molar-refractivity contribution in [2.24, 2.45) is 12.8 Å². The molecule has 24 heavy (non-hydrogen) atoms. The summed E-state index contributed by atoms with van der Waals surface area (Å²) in [6.07, 6.45) is 2.80. The molecule has 0 radical (unpaired) electrons. The molecule has 1 fully saturated rings. The van der Waals surface area contributed by atoms with Gasteiger partial charge in [-0.25, -0.2) is 0 Å². The van der Waals surface area contributed by atoms with Crippen molar-refractivity contribution in [3.8, 4) is 0 Å². The van der Waals surface area contributed by atoms with Gasteiger partial charge in [0.2, 0.25) is 0 Å². The smallest absolute Gasteiger partial charge is 0.253 e. The molecule has 7 nitrogen and oxygen atoms in total. The number of nitrogens with one attached hydrogen (secondary N) is 1. The first-order valence-electron chi connectivity index (χ1n) is 7.44. The molecule has 2 heterocycles. The Morgan fingerprint density at radius 2 is 2.17 bits per heavy atom. The van der Waals surface area contributed by atoms with E-state index < -0.39 is 6.10 Å². The van der Waals surface area contributed by atoms with E-state index in [9.17, 15) is 4.79 Å². The number of ether oxygens (including phenoxy) is 1.